The third kappa shape index (κ3) is 4.00. The molecule has 0 aliphatic carbocycles. The second-order valence-electron chi connectivity index (χ2n) is 5.19. The quantitative estimate of drug-likeness (QED) is 0.833. The van der Waals surface area contributed by atoms with Crippen LogP contribution in [0.25, 0.3) is 0 Å². The summed E-state index contributed by atoms with van der Waals surface area (Å²) in [5.74, 6) is -0.573. The third-order valence-corrected chi connectivity index (χ3v) is 5.01. The van der Waals surface area contributed by atoms with Crippen molar-refractivity contribution in [3.63, 3.8) is 0 Å². The predicted molar refractivity (Wildman–Crippen MR) is 75.8 cm³/mol. The second kappa shape index (κ2) is 6.83. The van der Waals surface area contributed by atoms with Crippen molar-refractivity contribution in [1.82, 2.24) is 4.72 Å². The van der Waals surface area contributed by atoms with E-state index in [0.29, 0.717) is 6.42 Å². The van der Waals surface area contributed by atoms with Crippen molar-refractivity contribution in [2.24, 2.45) is 0 Å². The Morgan fingerprint density at radius 1 is 1.48 bits per heavy atom. The summed E-state index contributed by atoms with van der Waals surface area (Å²) in [6, 6.07) is 2.43. The molecule has 2 rings (SSSR count). The molecule has 1 fully saturated rings. The molecule has 118 valence electrons. The van der Waals surface area contributed by atoms with Gasteiger partial charge in [-0.2, -0.15) is 0 Å². The molecule has 0 bridgehead atoms. The van der Waals surface area contributed by atoms with Crippen LogP contribution in [0.3, 0.4) is 0 Å². The van der Waals surface area contributed by atoms with Gasteiger partial charge in [0.15, 0.2) is 0 Å². The van der Waals surface area contributed by atoms with E-state index in [2.05, 4.69) is 4.72 Å². The lowest BCUT2D eigenvalue weighted by atomic mass is 10.1. The Morgan fingerprint density at radius 2 is 2.24 bits per heavy atom. The number of benzene rings is 1. The van der Waals surface area contributed by atoms with Crippen molar-refractivity contribution in [3.8, 4) is 0 Å². The highest BCUT2D eigenvalue weighted by molar-refractivity contribution is 7.89. The topological polar surface area (TPSA) is 75.6 Å². The van der Waals surface area contributed by atoms with Crippen LogP contribution in [0.1, 0.15) is 30.4 Å². The van der Waals surface area contributed by atoms with Crippen molar-refractivity contribution in [2.45, 2.75) is 43.8 Å². The number of hydrogen-bond donors (Lipinski definition) is 2. The molecule has 0 spiro atoms. The fourth-order valence-electron chi connectivity index (χ4n) is 2.39. The first-order valence-electron chi connectivity index (χ1n) is 6.95. The van der Waals surface area contributed by atoms with Gasteiger partial charge in [-0.15, -0.1) is 0 Å². The predicted octanol–water partition coefficient (Wildman–Crippen LogP) is 1.47. The molecule has 0 aromatic heterocycles. The average Bonchev–Trinajstić information content (AvgIpc) is 2.94. The van der Waals surface area contributed by atoms with Crippen LogP contribution in [-0.4, -0.2) is 32.8 Å². The van der Waals surface area contributed by atoms with Gasteiger partial charge in [-0.1, -0.05) is 0 Å². The molecular formula is C14H20FNO4S. The fourth-order valence-corrected chi connectivity index (χ4v) is 3.57. The summed E-state index contributed by atoms with van der Waals surface area (Å²) in [6.07, 6.45) is 2.68. The highest BCUT2D eigenvalue weighted by atomic mass is 32.2. The Kier molecular flexibility index (Phi) is 5.32. The van der Waals surface area contributed by atoms with Gasteiger partial charge in [0.2, 0.25) is 10.0 Å². The highest BCUT2D eigenvalue weighted by Gasteiger charge is 2.20. The number of aliphatic hydroxyl groups excluding tert-OH is 1. The van der Waals surface area contributed by atoms with E-state index in [-0.39, 0.29) is 28.7 Å². The fraction of sp³-hybridized carbons (Fsp3) is 0.571. The molecule has 1 aromatic carbocycles. The van der Waals surface area contributed by atoms with E-state index < -0.39 is 22.4 Å². The van der Waals surface area contributed by atoms with Crippen LogP contribution in [0.4, 0.5) is 4.39 Å². The van der Waals surface area contributed by atoms with Crippen LogP contribution in [0.2, 0.25) is 0 Å². The van der Waals surface area contributed by atoms with E-state index in [9.17, 15) is 12.8 Å². The number of hydrogen-bond acceptors (Lipinski definition) is 4. The molecule has 0 radical (unpaired) electrons. The molecule has 1 aromatic rings. The molecular weight excluding hydrogens is 297 g/mol. The van der Waals surface area contributed by atoms with Crippen LogP contribution in [-0.2, 0) is 21.4 Å². The van der Waals surface area contributed by atoms with Gasteiger partial charge in [-0.3, -0.25) is 0 Å². The molecule has 7 heteroatoms. The van der Waals surface area contributed by atoms with Crippen molar-refractivity contribution in [2.75, 3.05) is 13.2 Å². The summed E-state index contributed by atoms with van der Waals surface area (Å²) in [7, 11) is -3.71. The van der Waals surface area contributed by atoms with Crippen molar-refractivity contribution < 1.29 is 22.7 Å². The molecule has 0 saturated carbocycles. The first-order valence-corrected chi connectivity index (χ1v) is 8.43. The normalized spacial score (nSPS) is 19.1. The summed E-state index contributed by atoms with van der Waals surface area (Å²) in [4.78, 5) is -0.0298. The molecule has 5 nitrogen and oxygen atoms in total. The summed E-state index contributed by atoms with van der Waals surface area (Å²) in [5, 5.41) is 9.08. The standard InChI is InChI=1S/C14H20FNO4S/c1-10-7-13(8-11(9-17)14(10)15)21(18,19)16-5-4-12-3-2-6-20-12/h7-8,12,16-17H,2-6,9H2,1H3. The minimum absolute atomic E-state index is 0.0190. The zero-order chi connectivity index (χ0) is 15.5. The van der Waals surface area contributed by atoms with Gasteiger partial charge < -0.3 is 9.84 Å². The minimum Gasteiger partial charge on any atom is -0.392 e. The third-order valence-electron chi connectivity index (χ3n) is 3.57. The van der Waals surface area contributed by atoms with Gasteiger partial charge in [-0.05, 0) is 43.9 Å². The molecule has 1 unspecified atom stereocenters. The number of nitrogens with one attached hydrogen (secondary N) is 1. The van der Waals surface area contributed by atoms with E-state index in [1.807, 2.05) is 0 Å². The van der Waals surface area contributed by atoms with Crippen LogP contribution in [0.5, 0.6) is 0 Å². The van der Waals surface area contributed by atoms with Crippen LogP contribution >= 0.6 is 0 Å². The minimum atomic E-state index is -3.71. The monoisotopic (exact) mass is 317 g/mol. The molecule has 1 aliphatic rings. The molecule has 1 saturated heterocycles. The maximum absolute atomic E-state index is 13.6. The number of aliphatic hydroxyl groups is 1. The lowest BCUT2D eigenvalue weighted by Gasteiger charge is -2.12. The lowest BCUT2D eigenvalue weighted by Crippen LogP contribution is -2.27. The number of sulfonamides is 1. The summed E-state index contributed by atoms with van der Waals surface area (Å²) < 4.78 is 45.9. The van der Waals surface area contributed by atoms with E-state index in [1.54, 1.807) is 0 Å². The van der Waals surface area contributed by atoms with Crippen LogP contribution in [0.15, 0.2) is 17.0 Å². The average molecular weight is 317 g/mol. The number of halogens is 1. The summed E-state index contributed by atoms with van der Waals surface area (Å²) in [6.45, 7) is 1.94. The maximum Gasteiger partial charge on any atom is 0.240 e. The zero-order valence-corrected chi connectivity index (χ0v) is 12.7. The number of rotatable bonds is 6. The van der Waals surface area contributed by atoms with Gasteiger partial charge in [0, 0.05) is 18.7 Å². The molecule has 21 heavy (non-hydrogen) atoms. The Balaban J connectivity index is 2.06. The SMILES string of the molecule is Cc1cc(S(=O)(=O)NCCC2CCCO2)cc(CO)c1F. The Hall–Kier alpha value is -1.02. The van der Waals surface area contributed by atoms with E-state index in [1.165, 1.54) is 13.0 Å². The smallest absolute Gasteiger partial charge is 0.240 e. The van der Waals surface area contributed by atoms with Gasteiger partial charge in [0.1, 0.15) is 5.82 Å². The van der Waals surface area contributed by atoms with E-state index in [0.717, 1.165) is 25.5 Å². The molecule has 1 aliphatic heterocycles. The Labute approximate surface area is 124 Å². The first-order chi connectivity index (χ1) is 9.94. The summed E-state index contributed by atoms with van der Waals surface area (Å²) in [5.41, 5.74) is 0.176. The number of aryl methyl sites for hydroxylation is 1. The molecule has 1 heterocycles. The highest BCUT2D eigenvalue weighted by Crippen LogP contribution is 2.20. The van der Waals surface area contributed by atoms with Gasteiger partial charge in [0.25, 0.3) is 0 Å². The van der Waals surface area contributed by atoms with Crippen molar-refractivity contribution >= 4 is 10.0 Å². The Morgan fingerprint density at radius 3 is 2.86 bits per heavy atom. The van der Waals surface area contributed by atoms with Crippen LogP contribution in [0, 0.1) is 12.7 Å². The van der Waals surface area contributed by atoms with Crippen molar-refractivity contribution in [3.05, 3.63) is 29.1 Å². The maximum atomic E-state index is 13.6. The van der Waals surface area contributed by atoms with Gasteiger partial charge in [-0.25, -0.2) is 17.5 Å². The van der Waals surface area contributed by atoms with Crippen LogP contribution < -0.4 is 4.72 Å². The van der Waals surface area contributed by atoms with E-state index >= 15 is 0 Å². The molecule has 2 N–H and O–H groups in total. The summed E-state index contributed by atoms with van der Waals surface area (Å²) >= 11 is 0. The number of ether oxygens (including phenoxy) is 1. The molecule has 0 amide bonds. The largest absolute Gasteiger partial charge is 0.392 e. The zero-order valence-electron chi connectivity index (χ0n) is 11.9. The van der Waals surface area contributed by atoms with E-state index in [4.69, 9.17) is 9.84 Å². The lowest BCUT2D eigenvalue weighted by molar-refractivity contribution is 0.105. The van der Waals surface area contributed by atoms with Gasteiger partial charge in [0.05, 0.1) is 17.6 Å². The molecule has 1 atom stereocenters. The van der Waals surface area contributed by atoms with Gasteiger partial charge >= 0.3 is 0 Å². The first kappa shape index (κ1) is 16.4. The van der Waals surface area contributed by atoms with Crippen molar-refractivity contribution in [1.29, 1.82) is 0 Å². The Bertz CT molecular complexity index is 597. The second-order valence-corrected chi connectivity index (χ2v) is 6.96.